The molecule has 1 saturated heterocycles. The number of carbonyl (C=O) groups is 5. The zero-order valence-electron chi connectivity index (χ0n) is 30.4. The third kappa shape index (κ3) is 13.5. The molecule has 12 heteroatoms. The van der Waals surface area contributed by atoms with Crippen LogP contribution in [-0.4, -0.2) is 89.8 Å². The SMILES string of the molecule is CC(C)C[C@@H](NC(=O)[C@@H](Cc1ccccc1)NC(=O)CNC[C@@H](C)c1ccccc1)C(=O)C[C@H](CCCCN)C(=O)N1CCC(N)(C(=O)O)CC1. The third-order valence-corrected chi connectivity index (χ3v) is 9.65. The van der Waals surface area contributed by atoms with Crippen molar-refractivity contribution in [1.29, 1.82) is 0 Å². The van der Waals surface area contributed by atoms with E-state index in [1.165, 1.54) is 0 Å². The van der Waals surface area contributed by atoms with Gasteiger partial charge in [0.1, 0.15) is 11.6 Å². The fraction of sp³-hybridized carbons (Fsp3) is 0.564. The molecular formula is C39H58N6O6. The second-order valence-corrected chi connectivity index (χ2v) is 14.4. The quantitative estimate of drug-likeness (QED) is 0.106. The van der Waals surface area contributed by atoms with Crippen molar-refractivity contribution in [1.82, 2.24) is 20.9 Å². The van der Waals surface area contributed by atoms with Crippen LogP contribution in [0.2, 0.25) is 0 Å². The summed E-state index contributed by atoms with van der Waals surface area (Å²) >= 11 is 0. The molecule has 280 valence electrons. The van der Waals surface area contributed by atoms with E-state index in [2.05, 4.69) is 22.9 Å². The number of likely N-dealkylation sites (tertiary alicyclic amines) is 1. The van der Waals surface area contributed by atoms with Crippen LogP contribution >= 0.6 is 0 Å². The Hall–Kier alpha value is -4.13. The molecule has 0 aliphatic carbocycles. The monoisotopic (exact) mass is 706 g/mol. The minimum absolute atomic E-state index is 0.0188. The van der Waals surface area contributed by atoms with E-state index in [1.54, 1.807) is 4.90 Å². The lowest BCUT2D eigenvalue weighted by Gasteiger charge is -2.38. The minimum atomic E-state index is -1.38. The molecule has 0 aromatic heterocycles. The highest BCUT2D eigenvalue weighted by Gasteiger charge is 2.40. The summed E-state index contributed by atoms with van der Waals surface area (Å²) < 4.78 is 0. The topological polar surface area (TPSA) is 197 Å². The number of Topliss-reactive ketones (excluding diaryl/α,β-unsaturated/α-hetero) is 1. The van der Waals surface area contributed by atoms with E-state index < -0.39 is 35.4 Å². The highest BCUT2D eigenvalue weighted by molar-refractivity contribution is 5.95. The van der Waals surface area contributed by atoms with Crippen molar-refractivity contribution in [2.45, 2.75) is 95.7 Å². The summed E-state index contributed by atoms with van der Waals surface area (Å²) in [6.45, 7) is 7.41. The summed E-state index contributed by atoms with van der Waals surface area (Å²) in [4.78, 5) is 67.9. The number of carbonyl (C=O) groups excluding carboxylic acids is 4. The molecule has 4 atom stereocenters. The van der Waals surface area contributed by atoms with Crippen LogP contribution in [0.3, 0.4) is 0 Å². The highest BCUT2D eigenvalue weighted by Crippen LogP contribution is 2.25. The van der Waals surface area contributed by atoms with Crippen molar-refractivity contribution in [2.75, 3.05) is 32.7 Å². The van der Waals surface area contributed by atoms with E-state index in [0.717, 1.165) is 11.1 Å². The molecule has 0 radical (unpaired) electrons. The number of carboxylic acid groups (broad SMARTS) is 1. The number of aliphatic carboxylic acids is 1. The molecule has 0 spiro atoms. The van der Waals surface area contributed by atoms with Gasteiger partial charge in [0.05, 0.1) is 12.6 Å². The number of hydrogen-bond acceptors (Lipinski definition) is 8. The summed E-state index contributed by atoms with van der Waals surface area (Å²) in [5.74, 6) is -2.79. The van der Waals surface area contributed by atoms with Crippen molar-refractivity contribution in [2.24, 2.45) is 23.3 Å². The molecule has 1 aliphatic heterocycles. The van der Waals surface area contributed by atoms with Gasteiger partial charge < -0.3 is 37.4 Å². The van der Waals surface area contributed by atoms with Crippen molar-refractivity contribution >= 4 is 29.5 Å². The fourth-order valence-corrected chi connectivity index (χ4v) is 6.45. The number of rotatable bonds is 21. The Kier molecular flexibility index (Phi) is 16.7. The van der Waals surface area contributed by atoms with Gasteiger partial charge >= 0.3 is 5.97 Å². The zero-order chi connectivity index (χ0) is 37.4. The number of hydrogen-bond donors (Lipinski definition) is 6. The first-order valence-corrected chi connectivity index (χ1v) is 18.3. The number of carboxylic acids is 1. The summed E-state index contributed by atoms with van der Waals surface area (Å²) in [5.41, 5.74) is 12.4. The van der Waals surface area contributed by atoms with Crippen LogP contribution in [0.1, 0.15) is 82.8 Å². The molecule has 2 aromatic rings. The minimum Gasteiger partial charge on any atom is -0.480 e. The van der Waals surface area contributed by atoms with Gasteiger partial charge in [-0.05, 0) is 61.6 Å². The Morgan fingerprint density at radius 1 is 0.882 bits per heavy atom. The lowest BCUT2D eigenvalue weighted by molar-refractivity contribution is -0.149. The zero-order valence-corrected chi connectivity index (χ0v) is 30.4. The maximum absolute atomic E-state index is 14.0. The van der Waals surface area contributed by atoms with Gasteiger partial charge in [0.15, 0.2) is 5.78 Å². The fourth-order valence-electron chi connectivity index (χ4n) is 6.45. The first kappa shape index (κ1) is 41.3. The van der Waals surface area contributed by atoms with Crippen molar-refractivity contribution in [3.63, 3.8) is 0 Å². The molecule has 51 heavy (non-hydrogen) atoms. The van der Waals surface area contributed by atoms with Crippen LogP contribution in [-0.2, 0) is 30.4 Å². The molecule has 12 nitrogen and oxygen atoms in total. The van der Waals surface area contributed by atoms with Gasteiger partial charge in [-0.15, -0.1) is 0 Å². The number of nitrogens with zero attached hydrogens (tertiary/aromatic N) is 1. The summed E-state index contributed by atoms with van der Waals surface area (Å²) in [6, 6.07) is 17.6. The van der Waals surface area contributed by atoms with Gasteiger partial charge in [-0.3, -0.25) is 24.0 Å². The van der Waals surface area contributed by atoms with Gasteiger partial charge in [0.2, 0.25) is 17.7 Å². The van der Waals surface area contributed by atoms with E-state index in [1.807, 2.05) is 74.5 Å². The average molecular weight is 707 g/mol. The van der Waals surface area contributed by atoms with Crippen LogP contribution < -0.4 is 27.4 Å². The maximum atomic E-state index is 14.0. The molecule has 1 fully saturated rings. The lowest BCUT2D eigenvalue weighted by Crippen LogP contribution is -2.57. The maximum Gasteiger partial charge on any atom is 0.323 e. The summed E-state index contributed by atoms with van der Waals surface area (Å²) in [6.07, 6.45) is 2.54. The summed E-state index contributed by atoms with van der Waals surface area (Å²) in [5, 5.41) is 18.5. The molecule has 0 bridgehead atoms. The third-order valence-electron chi connectivity index (χ3n) is 9.65. The number of amides is 3. The lowest BCUT2D eigenvalue weighted by atomic mass is 9.86. The summed E-state index contributed by atoms with van der Waals surface area (Å²) in [7, 11) is 0. The second-order valence-electron chi connectivity index (χ2n) is 14.4. The van der Waals surface area contributed by atoms with Crippen LogP contribution in [0.15, 0.2) is 60.7 Å². The average Bonchev–Trinajstić information content (AvgIpc) is 3.11. The molecule has 2 aromatic carbocycles. The number of ketones is 1. The van der Waals surface area contributed by atoms with Gasteiger partial charge in [0, 0.05) is 38.4 Å². The van der Waals surface area contributed by atoms with E-state index >= 15 is 0 Å². The predicted octanol–water partition coefficient (Wildman–Crippen LogP) is 2.75. The van der Waals surface area contributed by atoms with Crippen molar-refractivity contribution < 1.29 is 29.1 Å². The van der Waals surface area contributed by atoms with Crippen LogP contribution in [0.5, 0.6) is 0 Å². The predicted molar refractivity (Wildman–Crippen MR) is 198 cm³/mol. The van der Waals surface area contributed by atoms with Crippen LogP contribution in [0.4, 0.5) is 0 Å². The Morgan fingerprint density at radius 3 is 2.10 bits per heavy atom. The Bertz CT molecular complexity index is 1410. The van der Waals surface area contributed by atoms with Crippen molar-refractivity contribution in [3.8, 4) is 0 Å². The van der Waals surface area contributed by atoms with E-state index in [0.29, 0.717) is 38.8 Å². The van der Waals surface area contributed by atoms with E-state index in [-0.39, 0.29) is 74.8 Å². The number of unbranched alkanes of at least 4 members (excludes halogenated alkanes) is 1. The van der Waals surface area contributed by atoms with Gasteiger partial charge in [-0.1, -0.05) is 87.9 Å². The Balaban J connectivity index is 1.71. The Morgan fingerprint density at radius 2 is 1.51 bits per heavy atom. The largest absolute Gasteiger partial charge is 0.480 e. The number of nitrogens with one attached hydrogen (secondary N) is 3. The molecule has 3 rings (SSSR count). The van der Waals surface area contributed by atoms with E-state index in [9.17, 15) is 29.1 Å². The molecule has 8 N–H and O–H groups in total. The molecular weight excluding hydrogens is 648 g/mol. The van der Waals surface area contributed by atoms with Gasteiger partial charge in [-0.2, -0.15) is 0 Å². The van der Waals surface area contributed by atoms with Gasteiger partial charge in [-0.25, -0.2) is 0 Å². The normalized spacial score (nSPS) is 16.5. The standard InChI is InChI=1S/C39H58N6O6/c1-27(2)22-32(34(46)24-31(16-10-11-19-40)37(49)45-20-17-39(41,18-21-45)38(50)51)44-36(48)33(23-29-12-6-4-7-13-29)43-35(47)26-42-25-28(3)30-14-8-5-9-15-30/h4-9,12-15,27-28,31-33,42H,10-11,16-26,40-41H2,1-3H3,(H,43,47)(H,44,48)(H,50,51)/t28-,31+,32-,33-/m1/s1. The van der Waals surface area contributed by atoms with Gasteiger partial charge in [0.25, 0.3) is 0 Å². The molecule has 1 aliphatic rings. The smallest absolute Gasteiger partial charge is 0.323 e. The first-order valence-electron chi connectivity index (χ1n) is 18.3. The Labute approximate surface area is 302 Å². The molecule has 0 unspecified atom stereocenters. The van der Waals surface area contributed by atoms with Crippen molar-refractivity contribution in [3.05, 3.63) is 71.8 Å². The number of benzene rings is 2. The number of piperidine rings is 1. The molecule has 1 heterocycles. The highest BCUT2D eigenvalue weighted by atomic mass is 16.4. The molecule has 0 saturated carbocycles. The number of nitrogens with two attached hydrogens (primary N) is 2. The van der Waals surface area contributed by atoms with Crippen LogP contribution in [0, 0.1) is 11.8 Å². The first-order chi connectivity index (χ1) is 24.3. The second kappa shape index (κ2) is 20.7. The molecule has 3 amide bonds. The van der Waals surface area contributed by atoms with E-state index in [4.69, 9.17) is 11.5 Å². The van der Waals surface area contributed by atoms with Crippen LogP contribution in [0.25, 0.3) is 0 Å².